The van der Waals surface area contributed by atoms with Crippen molar-refractivity contribution in [2.45, 2.75) is 57.0 Å². The average Bonchev–Trinajstić information content (AvgIpc) is 2.48. The minimum Gasteiger partial charge on any atom is -0.374 e. The summed E-state index contributed by atoms with van der Waals surface area (Å²) >= 11 is 0. The summed E-state index contributed by atoms with van der Waals surface area (Å²) in [5.74, 6) is 0. The van der Waals surface area contributed by atoms with Gasteiger partial charge in [-0.15, -0.1) is 0 Å². The number of ether oxygens (including phenoxy) is 1. The van der Waals surface area contributed by atoms with Crippen LogP contribution in [-0.2, 0) is 15.8 Å². The Kier molecular flexibility index (Phi) is 4.32. The van der Waals surface area contributed by atoms with E-state index >= 15 is 0 Å². The molecule has 1 aliphatic rings. The quantitative estimate of drug-likeness (QED) is 0.896. The van der Waals surface area contributed by atoms with Crippen LogP contribution in [0.25, 0.3) is 0 Å². The van der Waals surface area contributed by atoms with E-state index in [4.69, 9.17) is 10.5 Å². The molecule has 1 saturated carbocycles. The maximum Gasteiger partial charge on any atom is 0.0871 e. The van der Waals surface area contributed by atoms with Crippen LogP contribution in [0.15, 0.2) is 24.3 Å². The molecule has 0 atom stereocenters. The molecule has 0 bridgehead atoms. The van der Waals surface area contributed by atoms with Gasteiger partial charge in [0.2, 0.25) is 0 Å². The summed E-state index contributed by atoms with van der Waals surface area (Å²) in [6, 6.07) is 8.85. The molecule has 0 aromatic heterocycles. The van der Waals surface area contributed by atoms with E-state index in [1.165, 1.54) is 43.2 Å². The van der Waals surface area contributed by atoms with Crippen molar-refractivity contribution in [3.05, 3.63) is 35.4 Å². The first-order valence-electron chi connectivity index (χ1n) is 7.40. The van der Waals surface area contributed by atoms with Gasteiger partial charge in [-0.2, -0.15) is 0 Å². The minimum absolute atomic E-state index is 0.193. The first-order valence-corrected chi connectivity index (χ1v) is 7.40. The fourth-order valence-corrected chi connectivity index (χ4v) is 3.18. The third kappa shape index (κ3) is 2.85. The molecule has 2 N–H and O–H groups in total. The molecular weight excluding hydrogens is 234 g/mol. The van der Waals surface area contributed by atoms with E-state index in [1.807, 2.05) is 0 Å². The first kappa shape index (κ1) is 14.5. The average molecular weight is 261 g/mol. The summed E-state index contributed by atoms with van der Waals surface area (Å²) in [7, 11) is 1.77. The Morgan fingerprint density at radius 1 is 1.21 bits per heavy atom. The zero-order valence-corrected chi connectivity index (χ0v) is 12.5. The molecule has 0 saturated heterocycles. The van der Waals surface area contributed by atoms with Crippen molar-refractivity contribution in [3.63, 3.8) is 0 Å². The summed E-state index contributed by atoms with van der Waals surface area (Å²) in [6.07, 6.45) is 6.40. The molecule has 0 unspecified atom stereocenters. The summed E-state index contributed by atoms with van der Waals surface area (Å²) in [6.45, 7) is 4.98. The van der Waals surface area contributed by atoms with Gasteiger partial charge in [-0.05, 0) is 37.8 Å². The zero-order valence-electron chi connectivity index (χ0n) is 12.5. The van der Waals surface area contributed by atoms with Crippen LogP contribution >= 0.6 is 0 Å². The van der Waals surface area contributed by atoms with Crippen LogP contribution in [0.2, 0.25) is 0 Å². The standard InChI is InChI=1S/C17H27NO/c1-16(2,19-3)14-8-7-9-15(12-14)17(13-18)10-5-4-6-11-17/h7-9,12H,4-6,10-11,13,18H2,1-3H3. The summed E-state index contributed by atoms with van der Waals surface area (Å²) in [5, 5.41) is 0. The van der Waals surface area contributed by atoms with E-state index in [9.17, 15) is 0 Å². The zero-order chi connectivity index (χ0) is 13.9. The SMILES string of the molecule is COC(C)(C)c1cccc(C2(CN)CCCCC2)c1. The topological polar surface area (TPSA) is 35.2 Å². The second-order valence-electron chi connectivity index (χ2n) is 6.34. The number of hydrogen-bond acceptors (Lipinski definition) is 2. The Balaban J connectivity index is 2.36. The van der Waals surface area contributed by atoms with Crippen LogP contribution in [0.4, 0.5) is 0 Å². The normalized spacial score (nSPS) is 19.4. The number of hydrogen-bond donors (Lipinski definition) is 1. The third-order valence-electron chi connectivity index (χ3n) is 4.88. The molecule has 0 radical (unpaired) electrons. The molecule has 1 aliphatic carbocycles. The number of nitrogens with two attached hydrogens (primary N) is 1. The lowest BCUT2D eigenvalue weighted by Crippen LogP contribution is -2.37. The monoisotopic (exact) mass is 261 g/mol. The van der Waals surface area contributed by atoms with Gasteiger partial charge in [0, 0.05) is 19.1 Å². The number of benzene rings is 1. The van der Waals surface area contributed by atoms with Crippen LogP contribution in [0.5, 0.6) is 0 Å². The van der Waals surface area contributed by atoms with Crippen LogP contribution in [0, 0.1) is 0 Å². The molecule has 1 aromatic carbocycles. The molecule has 2 rings (SSSR count). The van der Waals surface area contributed by atoms with Crippen molar-refractivity contribution in [1.82, 2.24) is 0 Å². The Hall–Kier alpha value is -0.860. The van der Waals surface area contributed by atoms with Crippen molar-refractivity contribution in [2.24, 2.45) is 5.73 Å². The Labute approximate surface area is 117 Å². The maximum absolute atomic E-state index is 6.13. The molecule has 19 heavy (non-hydrogen) atoms. The Morgan fingerprint density at radius 2 is 1.89 bits per heavy atom. The molecule has 0 heterocycles. The minimum atomic E-state index is -0.236. The highest BCUT2D eigenvalue weighted by molar-refractivity contribution is 5.33. The highest BCUT2D eigenvalue weighted by Gasteiger charge is 2.33. The van der Waals surface area contributed by atoms with Crippen LogP contribution < -0.4 is 5.73 Å². The molecule has 2 nitrogen and oxygen atoms in total. The van der Waals surface area contributed by atoms with E-state index in [0.29, 0.717) is 0 Å². The molecule has 1 fully saturated rings. The van der Waals surface area contributed by atoms with Gasteiger partial charge in [0.1, 0.15) is 0 Å². The smallest absolute Gasteiger partial charge is 0.0871 e. The van der Waals surface area contributed by atoms with Gasteiger partial charge < -0.3 is 10.5 Å². The van der Waals surface area contributed by atoms with Crippen LogP contribution in [0.3, 0.4) is 0 Å². The molecule has 106 valence electrons. The lowest BCUT2D eigenvalue weighted by atomic mass is 9.69. The maximum atomic E-state index is 6.13. The number of rotatable bonds is 4. The molecule has 1 aromatic rings. The van der Waals surface area contributed by atoms with Gasteiger partial charge in [0.05, 0.1) is 5.60 Å². The second-order valence-corrected chi connectivity index (χ2v) is 6.34. The molecule has 0 spiro atoms. The Morgan fingerprint density at radius 3 is 2.47 bits per heavy atom. The highest BCUT2D eigenvalue weighted by Crippen LogP contribution is 2.39. The van der Waals surface area contributed by atoms with Crippen molar-refractivity contribution in [1.29, 1.82) is 0 Å². The highest BCUT2D eigenvalue weighted by atomic mass is 16.5. The molecular formula is C17H27NO. The summed E-state index contributed by atoms with van der Waals surface area (Å²) in [4.78, 5) is 0. The molecule has 0 amide bonds. The largest absolute Gasteiger partial charge is 0.374 e. The van der Waals surface area contributed by atoms with E-state index in [0.717, 1.165) is 6.54 Å². The first-order chi connectivity index (χ1) is 9.04. The fourth-order valence-electron chi connectivity index (χ4n) is 3.18. The van der Waals surface area contributed by atoms with Crippen molar-refractivity contribution < 1.29 is 4.74 Å². The van der Waals surface area contributed by atoms with Crippen molar-refractivity contribution in [3.8, 4) is 0 Å². The second kappa shape index (κ2) is 5.64. The predicted octanol–water partition coefficient (Wildman–Crippen LogP) is 3.73. The van der Waals surface area contributed by atoms with Gasteiger partial charge in [0.25, 0.3) is 0 Å². The van der Waals surface area contributed by atoms with Gasteiger partial charge in [-0.1, -0.05) is 43.5 Å². The van der Waals surface area contributed by atoms with E-state index < -0.39 is 0 Å². The lowest BCUT2D eigenvalue weighted by molar-refractivity contribution is 0.0190. The van der Waals surface area contributed by atoms with Crippen molar-refractivity contribution >= 4 is 0 Å². The predicted molar refractivity (Wildman–Crippen MR) is 80.3 cm³/mol. The van der Waals surface area contributed by atoms with E-state index in [-0.39, 0.29) is 11.0 Å². The van der Waals surface area contributed by atoms with Crippen LogP contribution in [-0.4, -0.2) is 13.7 Å². The lowest BCUT2D eigenvalue weighted by Gasteiger charge is -2.37. The van der Waals surface area contributed by atoms with Gasteiger partial charge in [-0.25, -0.2) is 0 Å². The molecule has 2 heteroatoms. The van der Waals surface area contributed by atoms with Gasteiger partial charge >= 0.3 is 0 Å². The Bertz CT molecular complexity index is 419. The number of methoxy groups -OCH3 is 1. The van der Waals surface area contributed by atoms with E-state index in [2.05, 4.69) is 38.1 Å². The summed E-state index contributed by atoms with van der Waals surface area (Å²) in [5.41, 5.74) is 8.73. The van der Waals surface area contributed by atoms with Crippen LogP contribution in [0.1, 0.15) is 57.1 Å². The van der Waals surface area contributed by atoms with Crippen molar-refractivity contribution in [2.75, 3.05) is 13.7 Å². The fraction of sp³-hybridized carbons (Fsp3) is 0.647. The van der Waals surface area contributed by atoms with E-state index in [1.54, 1.807) is 7.11 Å². The van der Waals surface area contributed by atoms with Gasteiger partial charge in [-0.3, -0.25) is 0 Å². The third-order valence-corrected chi connectivity index (χ3v) is 4.88. The molecule has 0 aliphatic heterocycles. The van der Waals surface area contributed by atoms with Gasteiger partial charge in [0.15, 0.2) is 0 Å². The summed E-state index contributed by atoms with van der Waals surface area (Å²) < 4.78 is 5.60.